The second-order valence-corrected chi connectivity index (χ2v) is 7.70. The number of amides is 2. The summed E-state index contributed by atoms with van der Waals surface area (Å²) in [5, 5.41) is 5.50. The maximum Gasteiger partial charge on any atom is 0.315 e. The molecule has 0 saturated carbocycles. The van der Waals surface area contributed by atoms with Crippen LogP contribution in [-0.2, 0) is 23.1 Å². The fourth-order valence-corrected chi connectivity index (χ4v) is 2.96. The van der Waals surface area contributed by atoms with Crippen molar-refractivity contribution in [2.45, 2.75) is 13.1 Å². The molecule has 1 aromatic heterocycles. The second-order valence-electron chi connectivity index (χ2n) is 5.95. The molecule has 8 nitrogen and oxygen atoms in total. The average molecular weight is 377 g/mol. The van der Waals surface area contributed by atoms with Crippen LogP contribution in [0.3, 0.4) is 0 Å². The minimum atomic E-state index is -3.39. The molecule has 140 valence electrons. The number of carbonyl (C=O) groups excluding carboxylic acids is 1. The zero-order valence-electron chi connectivity index (χ0n) is 15.0. The van der Waals surface area contributed by atoms with Gasteiger partial charge in [0.1, 0.15) is 5.82 Å². The Morgan fingerprint density at radius 3 is 2.31 bits per heavy atom. The Morgan fingerprint density at radius 2 is 1.65 bits per heavy atom. The van der Waals surface area contributed by atoms with Crippen LogP contribution in [0.15, 0.2) is 42.6 Å². The van der Waals surface area contributed by atoms with Gasteiger partial charge in [-0.05, 0) is 17.7 Å². The Hall–Kier alpha value is -2.81. The summed E-state index contributed by atoms with van der Waals surface area (Å²) < 4.78 is 25.3. The molecule has 9 heteroatoms. The van der Waals surface area contributed by atoms with Crippen molar-refractivity contribution in [1.29, 1.82) is 0 Å². The molecule has 0 fully saturated rings. The first-order valence-electron chi connectivity index (χ1n) is 7.95. The lowest BCUT2D eigenvalue weighted by atomic mass is 10.2. The van der Waals surface area contributed by atoms with Crippen LogP contribution >= 0.6 is 0 Å². The zero-order valence-corrected chi connectivity index (χ0v) is 15.8. The highest BCUT2D eigenvalue weighted by Gasteiger charge is 2.10. The number of hydrogen-bond donors (Lipinski definition) is 3. The molecule has 0 aliphatic heterocycles. The van der Waals surface area contributed by atoms with E-state index in [2.05, 4.69) is 20.3 Å². The topological polar surface area (TPSA) is 103 Å². The lowest BCUT2D eigenvalue weighted by molar-refractivity contribution is 0.240. The van der Waals surface area contributed by atoms with E-state index >= 15 is 0 Å². The van der Waals surface area contributed by atoms with Crippen molar-refractivity contribution in [1.82, 2.24) is 15.6 Å². The van der Waals surface area contributed by atoms with Gasteiger partial charge in [-0.3, -0.25) is 4.72 Å². The van der Waals surface area contributed by atoms with Gasteiger partial charge in [0, 0.05) is 38.9 Å². The van der Waals surface area contributed by atoms with Crippen molar-refractivity contribution in [3.63, 3.8) is 0 Å². The Balaban J connectivity index is 1.94. The number of carbonyl (C=O) groups is 1. The predicted octanol–water partition coefficient (Wildman–Crippen LogP) is 1.52. The summed E-state index contributed by atoms with van der Waals surface area (Å²) in [6.07, 6.45) is 2.78. The SMILES string of the molecule is CN(C)c1ncccc1CNC(=O)NCc1ccccc1NS(C)(=O)=O. The molecule has 0 saturated heterocycles. The zero-order chi connectivity index (χ0) is 19.2. The fourth-order valence-electron chi connectivity index (χ4n) is 2.36. The van der Waals surface area contributed by atoms with Crippen molar-refractivity contribution in [2.24, 2.45) is 0 Å². The quantitative estimate of drug-likeness (QED) is 0.679. The number of anilines is 2. The third kappa shape index (κ3) is 5.92. The minimum absolute atomic E-state index is 0.193. The van der Waals surface area contributed by atoms with Gasteiger partial charge in [-0.25, -0.2) is 18.2 Å². The van der Waals surface area contributed by atoms with E-state index in [0.717, 1.165) is 17.6 Å². The molecule has 0 atom stereocenters. The summed E-state index contributed by atoms with van der Waals surface area (Å²) in [5.41, 5.74) is 2.01. The lowest BCUT2D eigenvalue weighted by Crippen LogP contribution is -2.35. The van der Waals surface area contributed by atoms with Crippen molar-refractivity contribution < 1.29 is 13.2 Å². The molecule has 0 bridgehead atoms. The van der Waals surface area contributed by atoms with E-state index in [1.165, 1.54) is 0 Å². The molecule has 26 heavy (non-hydrogen) atoms. The highest BCUT2D eigenvalue weighted by molar-refractivity contribution is 7.92. The van der Waals surface area contributed by atoms with Gasteiger partial charge in [0.25, 0.3) is 0 Å². The molecule has 0 unspecified atom stereocenters. The molecule has 3 N–H and O–H groups in total. The number of aromatic nitrogens is 1. The molecule has 0 aliphatic carbocycles. The van der Waals surface area contributed by atoms with Crippen LogP contribution in [0, 0.1) is 0 Å². The molecule has 2 rings (SSSR count). The van der Waals surface area contributed by atoms with E-state index in [1.54, 1.807) is 30.5 Å². The van der Waals surface area contributed by atoms with Crippen LogP contribution in [0.1, 0.15) is 11.1 Å². The van der Waals surface area contributed by atoms with Gasteiger partial charge in [0.05, 0.1) is 11.9 Å². The molecular formula is C17H23N5O3S. The van der Waals surface area contributed by atoms with Crippen molar-refractivity contribution >= 4 is 27.6 Å². The second kappa shape index (κ2) is 8.52. The van der Waals surface area contributed by atoms with E-state index in [4.69, 9.17) is 0 Å². The summed E-state index contributed by atoms with van der Waals surface area (Å²) >= 11 is 0. The smallest absolute Gasteiger partial charge is 0.315 e. The van der Waals surface area contributed by atoms with Crippen LogP contribution in [-0.4, -0.2) is 39.8 Å². The average Bonchev–Trinajstić information content (AvgIpc) is 2.58. The first-order valence-corrected chi connectivity index (χ1v) is 9.84. The number of hydrogen-bond acceptors (Lipinski definition) is 5. The van der Waals surface area contributed by atoms with E-state index in [1.807, 2.05) is 31.1 Å². The van der Waals surface area contributed by atoms with Crippen molar-refractivity contribution in [3.05, 3.63) is 53.7 Å². The van der Waals surface area contributed by atoms with Gasteiger partial charge in [-0.2, -0.15) is 0 Å². The van der Waals surface area contributed by atoms with E-state index < -0.39 is 10.0 Å². The molecule has 2 amide bonds. The minimum Gasteiger partial charge on any atom is -0.362 e. The summed E-state index contributed by atoms with van der Waals surface area (Å²) in [4.78, 5) is 18.2. The van der Waals surface area contributed by atoms with E-state index in [9.17, 15) is 13.2 Å². The number of para-hydroxylation sites is 1. The molecule has 2 aromatic rings. The van der Waals surface area contributed by atoms with Crippen LogP contribution in [0.4, 0.5) is 16.3 Å². The predicted molar refractivity (Wildman–Crippen MR) is 103 cm³/mol. The molecule has 0 radical (unpaired) electrons. The third-order valence-electron chi connectivity index (χ3n) is 3.48. The molecular weight excluding hydrogens is 354 g/mol. The fraction of sp³-hybridized carbons (Fsp3) is 0.294. The number of sulfonamides is 1. The van der Waals surface area contributed by atoms with E-state index in [-0.39, 0.29) is 12.6 Å². The highest BCUT2D eigenvalue weighted by atomic mass is 32.2. The lowest BCUT2D eigenvalue weighted by Gasteiger charge is -2.16. The summed E-state index contributed by atoms with van der Waals surface area (Å²) in [6, 6.07) is 10.3. The summed E-state index contributed by atoms with van der Waals surface area (Å²) in [5.74, 6) is 0.787. The first-order chi connectivity index (χ1) is 12.3. The van der Waals surface area contributed by atoms with Gasteiger partial charge in [-0.15, -0.1) is 0 Å². The Morgan fingerprint density at radius 1 is 1.04 bits per heavy atom. The number of rotatable bonds is 7. The van der Waals surface area contributed by atoms with Crippen molar-refractivity contribution in [2.75, 3.05) is 30.0 Å². The van der Waals surface area contributed by atoms with Crippen molar-refractivity contribution in [3.8, 4) is 0 Å². The number of benzene rings is 1. The summed E-state index contributed by atoms with van der Waals surface area (Å²) in [6.45, 7) is 0.522. The van der Waals surface area contributed by atoms with Crippen LogP contribution in [0.5, 0.6) is 0 Å². The maximum absolute atomic E-state index is 12.1. The number of nitrogens with zero attached hydrogens (tertiary/aromatic N) is 2. The standard InChI is InChI=1S/C17H23N5O3S/c1-22(2)16-14(8-6-10-18-16)12-20-17(23)19-11-13-7-4-5-9-15(13)21-26(3,24)25/h4-10,21H,11-12H2,1-3H3,(H2,19,20,23). The Bertz CT molecular complexity index is 868. The molecule has 0 spiro atoms. The number of urea groups is 1. The van der Waals surface area contributed by atoms with Gasteiger partial charge in [-0.1, -0.05) is 24.3 Å². The third-order valence-corrected chi connectivity index (χ3v) is 4.07. The Kier molecular flexibility index (Phi) is 6.40. The molecule has 0 aliphatic rings. The maximum atomic E-state index is 12.1. The first kappa shape index (κ1) is 19.5. The summed E-state index contributed by atoms with van der Waals surface area (Å²) in [7, 11) is 0.386. The highest BCUT2D eigenvalue weighted by Crippen LogP contribution is 2.16. The monoisotopic (exact) mass is 377 g/mol. The number of nitrogens with one attached hydrogen (secondary N) is 3. The van der Waals surface area contributed by atoms with Gasteiger partial charge in [0.2, 0.25) is 10.0 Å². The largest absolute Gasteiger partial charge is 0.362 e. The van der Waals surface area contributed by atoms with Crippen LogP contribution in [0.25, 0.3) is 0 Å². The Labute approximate surface area is 153 Å². The number of pyridine rings is 1. The van der Waals surface area contributed by atoms with Gasteiger partial charge >= 0.3 is 6.03 Å². The molecule has 1 heterocycles. The molecule has 1 aromatic carbocycles. The van der Waals surface area contributed by atoms with Gasteiger partial charge in [0.15, 0.2) is 0 Å². The van der Waals surface area contributed by atoms with Gasteiger partial charge < -0.3 is 15.5 Å². The normalized spacial score (nSPS) is 10.9. The van der Waals surface area contributed by atoms with E-state index in [0.29, 0.717) is 17.8 Å². The van der Waals surface area contributed by atoms with Crippen LogP contribution in [0.2, 0.25) is 0 Å². The van der Waals surface area contributed by atoms with Crippen LogP contribution < -0.4 is 20.3 Å².